The molecule has 0 radical (unpaired) electrons. The number of ketones is 1. The predicted octanol–water partition coefficient (Wildman–Crippen LogP) is 6.32. The molecule has 188 valence electrons. The van der Waals surface area contributed by atoms with Crippen molar-refractivity contribution in [1.29, 1.82) is 0 Å². The van der Waals surface area contributed by atoms with Crippen molar-refractivity contribution < 1.29 is 15.0 Å². The van der Waals surface area contributed by atoms with Crippen LogP contribution in [-0.2, 0) is 11.2 Å². The molecule has 2 aromatic heterocycles. The average Bonchev–Trinajstić information content (AvgIpc) is 2.93. The van der Waals surface area contributed by atoms with E-state index in [1.807, 2.05) is 24.3 Å². The zero-order valence-electron chi connectivity index (χ0n) is 20.1. The van der Waals surface area contributed by atoms with E-state index >= 15 is 0 Å². The summed E-state index contributed by atoms with van der Waals surface area (Å²) in [5, 5.41) is 24.5. The Balaban J connectivity index is 1.36. The standard InChI is InChI=1S/C31H22Cl2N2O3/c32-23-5-7-25-19(15-23)3-1-11-30(25,37)27-17-21(9-13-34-27)29(36)22-10-14-35-28(18-22)31(38)12-2-4-20-16-24(33)6-8-26(20)31/h1-10,13-18,37-38H,11-12H2. The highest BCUT2D eigenvalue weighted by Crippen LogP contribution is 2.41. The molecule has 2 aromatic carbocycles. The third kappa shape index (κ3) is 4.08. The minimum atomic E-state index is -1.40. The molecular formula is C31H22Cl2N2O3. The monoisotopic (exact) mass is 540 g/mol. The van der Waals surface area contributed by atoms with E-state index in [0.29, 0.717) is 56.5 Å². The van der Waals surface area contributed by atoms with Crippen molar-refractivity contribution in [1.82, 2.24) is 9.97 Å². The first-order valence-electron chi connectivity index (χ1n) is 12.1. The van der Waals surface area contributed by atoms with E-state index in [0.717, 1.165) is 11.1 Å². The summed E-state index contributed by atoms with van der Waals surface area (Å²) in [4.78, 5) is 22.5. The molecule has 6 rings (SSSR count). The van der Waals surface area contributed by atoms with E-state index in [4.69, 9.17) is 23.2 Å². The zero-order valence-corrected chi connectivity index (χ0v) is 21.6. The van der Waals surface area contributed by atoms with Crippen LogP contribution in [0.3, 0.4) is 0 Å². The second-order valence-corrected chi connectivity index (χ2v) is 10.5. The van der Waals surface area contributed by atoms with Gasteiger partial charge in [0, 0.05) is 46.4 Å². The number of fused-ring (bicyclic) bond motifs is 2. The Hall–Kier alpha value is -3.61. The van der Waals surface area contributed by atoms with Crippen LogP contribution >= 0.6 is 23.2 Å². The molecule has 38 heavy (non-hydrogen) atoms. The van der Waals surface area contributed by atoms with E-state index in [1.165, 1.54) is 12.4 Å². The second-order valence-electron chi connectivity index (χ2n) is 9.59. The number of nitrogens with zero attached hydrogens (tertiary/aromatic N) is 2. The summed E-state index contributed by atoms with van der Waals surface area (Å²) in [6.07, 6.45) is 11.3. The number of carbonyl (C=O) groups excluding carboxylic acids is 1. The first-order valence-corrected chi connectivity index (χ1v) is 12.9. The number of rotatable bonds is 4. The van der Waals surface area contributed by atoms with Crippen LogP contribution in [-0.4, -0.2) is 26.0 Å². The summed E-state index contributed by atoms with van der Waals surface area (Å²) in [6, 6.07) is 17.1. The quantitative estimate of drug-likeness (QED) is 0.296. The summed E-state index contributed by atoms with van der Waals surface area (Å²) in [5.41, 5.74) is 1.64. The Morgan fingerprint density at radius 3 is 1.58 bits per heavy atom. The van der Waals surface area contributed by atoms with Crippen LogP contribution in [0.25, 0.3) is 12.2 Å². The summed E-state index contributed by atoms with van der Waals surface area (Å²) < 4.78 is 0. The van der Waals surface area contributed by atoms with Gasteiger partial charge in [0.2, 0.25) is 0 Å². The average molecular weight is 541 g/mol. The normalized spacial score (nSPS) is 21.6. The van der Waals surface area contributed by atoms with E-state index in [2.05, 4.69) is 9.97 Å². The molecule has 2 unspecified atom stereocenters. The molecule has 2 heterocycles. The fraction of sp³-hybridized carbons (Fsp3) is 0.129. The van der Waals surface area contributed by atoms with E-state index in [1.54, 1.807) is 60.7 Å². The number of hydrogen-bond donors (Lipinski definition) is 2. The van der Waals surface area contributed by atoms with Crippen LogP contribution < -0.4 is 0 Å². The molecule has 2 N–H and O–H groups in total. The second kappa shape index (κ2) is 9.29. The Labute approximate surface area is 229 Å². The van der Waals surface area contributed by atoms with Gasteiger partial charge in [-0.05, 0) is 70.8 Å². The minimum absolute atomic E-state index is 0.269. The first kappa shape index (κ1) is 24.7. The van der Waals surface area contributed by atoms with Crippen molar-refractivity contribution in [2.75, 3.05) is 0 Å². The first-order chi connectivity index (χ1) is 18.3. The van der Waals surface area contributed by atoms with Gasteiger partial charge in [-0.2, -0.15) is 0 Å². The van der Waals surface area contributed by atoms with Crippen LogP contribution in [0, 0.1) is 0 Å². The maximum absolute atomic E-state index is 13.6. The molecule has 0 saturated carbocycles. The highest BCUT2D eigenvalue weighted by Gasteiger charge is 2.37. The molecule has 0 amide bonds. The number of hydrogen-bond acceptors (Lipinski definition) is 5. The lowest BCUT2D eigenvalue weighted by atomic mass is 9.79. The van der Waals surface area contributed by atoms with Crippen LogP contribution in [0.5, 0.6) is 0 Å². The molecule has 7 heteroatoms. The smallest absolute Gasteiger partial charge is 0.193 e. The Kier molecular flexibility index (Phi) is 6.04. The maximum Gasteiger partial charge on any atom is 0.193 e. The predicted molar refractivity (Wildman–Crippen MR) is 148 cm³/mol. The van der Waals surface area contributed by atoms with Gasteiger partial charge in [-0.25, -0.2) is 0 Å². The van der Waals surface area contributed by atoms with Crippen LogP contribution in [0.15, 0.2) is 85.2 Å². The Morgan fingerprint density at radius 1 is 0.684 bits per heavy atom. The third-order valence-electron chi connectivity index (χ3n) is 7.23. The Morgan fingerprint density at radius 2 is 1.13 bits per heavy atom. The molecule has 2 aliphatic carbocycles. The van der Waals surface area contributed by atoms with Gasteiger partial charge in [-0.3, -0.25) is 14.8 Å². The largest absolute Gasteiger partial charge is 0.378 e. The number of pyridine rings is 2. The van der Waals surface area contributed by atoms with Crippen molar-refractivity contribution in [3.05, 3.63) is 140 Å². The van der Waals surface area contributed by atoms with Gasteiger partial charge in [0.15, 0.2) is 5.78 Å². The molecule has 0 spiro atoms. The third-order valence-corrected chi connectivity index (χ3v) is 7.70. The lowest BCUT2D eigenvalue weighted by molar-refractivity contribution is 0.0778. The van der Waals surface area contributed by atoms with Gasteiger partial charge < -0.3 is 10.2 Å². The molecular weight excluding hydrogens is 519 g/mol. The lowest BCUT2D eigenvalue weighted by Gasteiger charge is -2.32. The van der Waals surface area contributed by atoms with Crippen molar-refractivity contribution in [2.24, 2.45) is 0 Å². The van der Waals surface area contributed by atoms with Crippen molar-refractivity contribution in [3.8, 4) is 0 Å². The number of halogens is 2. The highest BCUT2D eigenvalue weighted by molar-refractivity contribution is 6.31. The van der Waals surface area contributed by atoms with Crippen LogP contribution in [0.1, 0.15) is 62.4 Å². The summed E-state index contributed by atoms with van der Waals surface area (Å²) in [7, 11) is 0. The van der Waals surface area contributed by atoms with Gasteiger partial charge in [0.05, 0.1) is 11.4 Å². The van der Waals surface area contributed by atoms with E-state index in [-0.39, 0.29) is 5.78 Å². The molecule has 2 atom stereocenters. The van der Waals surface area contributed by atoms with Crippen molar-refractivity contribution in [2.45, 2.75) is 24.0 Å². The summed E-state index contributed by atoms with van der Waals surface area (Å²) >= 11 is 12.3. The molecule has 0 bridgehead atoms. The Bertz CT molecular complexity index is 1540. The molecule has 0 aliphatic heterocycles. The highest BCUT2D eigenvalue weighted by atomic mass is 35.5. The fourth-order valence-electron chi connectivity index (χ4n) is 5.28. The summed E-state index contributed by atoms with van der Waals surface area (Å²) in [6.45, 7) is 0. The lowest BCUT2D eigenvalue weighted by Crippen LogP contribution is -2.31. The molecule has 0 fully saturated rings. The zero-order chi connectivity index (χ0) is 26.5. The number of carbonyl (C=O) groups is 1. The van der Waals surface area contributed by atoms with Gasteiger partial charge in [-0.15, -0.1) is 0 Å². The SMILES string of the molecule is O=C(c1ccnc(C2(O)CC=Cc3cc(Cl)ccc32)c1)c1ccnc(C2(O)CC=Cc3cc(Cl)ccc32)c1. The van der Waals surface area contributed by atoms with Crippen molar-refractivity contribution in [3.63, 3.8) is 0 Å². The summed E-state index contributed by atoms with van der Waals surface area (Å²) in [5.74, 6) is -0.269. The van der Waals surface area contributed by atoms with Crippen LogP contribution in [0.4, 0.5) is 0 Å². The number of aliphatic hydroxyl groups is 2. The molecule has 5 nitrogen and oxygen atoms in total. The van der Waals surface area contributed by atoms with Gasteiger partial charge in [0.1, 0.15) is 11.2 Å². The molecule has 0 saturated heterocycles. The minimum Gasteiger partial charge on any atom is -0.378 e. The van der Waals surface area contributed by atoms with Gasteiger partial charge >= 0.3 is 0 Å². The maximum atomic E-state index is 13.6. The van der Waals surface area contributed by atoms with E-state index < -0.39 is 11.2 Å². The van der Waals surface area contributed by atoms with Gasteiger partial charge in [-0.1, -0.05) is 59.6 Å². The van der Waals surface area contributed by atoms with Crippen LogP contribution in [0.2, 0.25) is 10.0 Å². The van der Waals surface area contributed by atoms with Gasteiger partial charge in [0.25, 0.3) is 0 Å². The molecule has 4 aromatic rings. The number of aromatic nitrogens is 2. The topological polar surface area (TPSA) is 83.3 Å². The van der Waals surface area contributed by atoms with E-state index in [9.17, 15) is 15.0 Å². The fourth-order valence-corrected chi connectivity index (χ4v) is 5.64. The molecule has 2 aliphatic rings. The van der Waals surface area contributed by atoms with Crippen molar-refractivity contribution >= 4 is 41.1 Å². The number of benzene rings is 2.